The van der Waals surface area contributed by atoms with E-state index in [4.69, 9.17) is 16.6 Å². The normalized spacial score (nSPS) is 21.3. The number of aromatic nitrogens is 3. The summed E-state index contributed by atoms with van der Waals surface area (Å²) in [6.07, 6.45) is 7.88. The highest BCUT2D eigenvalue weighted by atomic mass is 16.1. The van der Waals surface area contributed by atoms with Crippen LogP contribution < -0.4 is 16.5 Å². The Morgan fingerprint density at radius 1 is 1.48 bits per heavy atom. The number of nitrogens with two attached hydrogens (primary N) is 1. The van der Waals surface area contributed by atoms with Crippen LogP contribution in [0.15, 0.2) is 12.4 Å². The highest BCUT2D eigenvalue weighted by molar-refractivity contribution is 6.05. The zero-order valence-corrected chi connectivity index (χ0v) is 12.8. The van der Waals surface area contributed by atoms with E-state index in [1.165, 1.54) is 10.8 Å². The van der Waals surface area contributed by atoms with Crippen LogP contribution in [-0.4, -0.2) is 39.4 Å². The van der Waals surface area contributed by atoms with Gasteiger partial charge in [-0.1, -0.05) is 0 Å². The van der Waals surface area contributed by atoms with Crippen LogP contribution in [0, 0.1) is 16.7 Å². The van der Waals surface area contributed by atoms with Gasteiger partial charge in [-0.2, -0.15) is 0 Å². The molecule has 1 amide bonds. The molecule has 0 spiro atoms. The smallest absolute Gasteiger partial charge is 0.255 e. The molecule has 6 N–H and O–H groups in total. The Labute approximate surface area is 133 Å². The predicted octanol–water partition coefficient (Wildman–Crippen LogP) is 0.546. The largest absolute Gasteiger partial charge is 0.349 e. The van der Waals surface area contributed by atoms with Crippen LogP contribution in [0.3, 0.4) is 0 Å². The van der Waals surface area contributed by atoms with Gasteiger partial charge >= 0.3 is 0 Å². The topological polar surface area (TPSA) is 136 Å². The lowest BCUT2D eigenvalue weighted by Crippen LogP contribution is -2.38. The summed E-state index contributed by atoms with van der Waals surface area (Å²) in [6.45, 7) is 0.709. The summed E-state index contributed by atoms with van der Waals surface area (Å²) in [5.74, 6) is 0.363. The highest BCUT2D eigenvalue weighted by Crippen LogP contribution is 2.24. The fraction of sp³-hybridized carbons (Fsp3) is 0.467. The first-order chi connectivity index (χ1) is 11.1. The first kappa shape index (κ1) is 15.4. The molecule has 1 aliphatic carbocycles. The van der Waals surface area contributed by atoms with E-state index in [-0.39, 0.29) is 17.4 Å². The van der Waals surface area contributed by atoms with Crippen molar-refractivity contribution in [2.24, 2.45) is 11.7 Å². The molecule has 0 saturated heterocycles. The molecule has 8 heteroatoms. The van der Waals surface area contributed by atoms with E-state index >= 15 is 0 Å². The standard InChI is InChI=1S/C15H21N7O/c16-5-9-1-3-10(4-2-9)21-15(23)11-6-19-14-13(11)22(8-17)12(18)7-20-14/h6-10,17-19H,1-5,16H2,(H,21,23). The van der Waals surface area contributed by atoms with E-state index in [0.717, 1.165) is 32.0 Å². The molecule has 0 aromatic carbocycles. The maximum absolute atomic E-state index is 12.6. The van der Waals surface area contributed by atoms with Gasteiger partial charge in [-0.25, -0.2) is 4.98 Å². The lowest BCUT2D eigenvalue weighted by atomic mass is 9.86. The average Bonchev–Trinajstić information content (AvgIpc) is 2.99. The van der Waals surface area contributed by atoms with Crippen molar-refractivity contribution in [3.8, 4) is 0 Å². The van der Waals surface area contributed by atoms with Crippen molar-refractivity contribution < 1.29 is 4.79 Å². The van der Waals surface area contributed by atoms with E-state index in [9.17, 15) is 4.79 Å². The van der Waals surface area contributed by atoms with Crippen LogP contribution in [0.25, 0.3) is 11.2 Å². The number of carbonyl (C=O) groups excluding carboxylic acids is 1. The van der Waals surface area contributed by atoms with Gasteiger partial charge in [0, 0.05) is 12.2 Å². The van der Waals surface area contributed by atoms with E-state index in [1.807, 2.05) is 0 Å². The molecule has 122 valence electrons. The fourth-order valence-electron chi connectivity index (χ4n) is 3.17. The third kappa shape index (κ3) is 2.89. The van der Waals surface area contributed by atoms with E-state index in [0.29, 0.717) is 29.2 Å². The zero-order valence-electron chi connectivity index (χ0n) is 12.8. The van der Waals surface area contributed by atoms with Crippen LogP contribution in [0.4, 0.5) is 0 Å². The first-order valence-corrected chi connectivity index (χ1v) is 7.78. The molecule has 1 fully saturated rings. The summed E-state index contributed by atoms with van der Waals surface area (Å²) in [6, 6.07) is 0.149. The van der Waals surface area contributed by atoms with Crippen LogP contribution in [0.2, 0.25) is 0 Å². The number of aromatic amines is 1. The van der Waals surface area contributed by atoms with Gasteiger partial charge < -0.3 is 16.0 Å². The first-order valence-electron chi connectivity index (χ1n) is 7.78. The number of nitrogens with zero attached hydrogens (tertiary/aromatic N) is 2. The summed E-state index contributed by atoms with van der Waals surface area (Å²) < 4.78 is 1.33. The lowest BCUT2D eigenvalue weighted by molar-refractivity contribution is 0.0924. The van der Waals surface area contributed by atoms with Crippen LogP contribution in [0.5, 0.6) is 0 Å². The zero-order chi connectivity index (χ0) is 16.4. The summed E-state index contributed by atoms with van der Waals surface area (Å²) in [5, 5.41) is 18.3. The van der Waals surface area contributed by atoms with E-state index < -0.39 is 0 Å². The Bertz CT molecular complexity index is 783. The van der Waals surface area contributed by atoms with Crippen molar-refractivity contribution in [1.29, 1.82) is 10.8 Å². The number of carbonyl (C=O) groups is 1. The number of rotatable bonds is 4. The van der Waals surface area contributed by atoms with E-state index in [2.05, 4.69) is 15.3 Å². The molecule has 1 saturated carbocycles. The van der Waals surface area contributed by atoms with Gasteiger partial charge in [0.05, 0.1) is 18.1 Å². The highest BCUT2D eigenvalue weighted by Gasteiger charge is 2.23. The number of amides is 1. The van der Waals surface area contributed by atoms with Crippen molar-refractivity contribution >= 4 is 23.4 Å². The Morgan fingerprint density at radius 3 is 2.87 bits per heavy atom. The molecule has 2 aromatic rings. The molecule has 2 heterocycles. The number of hydrogen-bond acceptors (Lipinski definition) is 5. The van der Waals surface area contributed by atoms with Gasteiger partial charge in [-0.15, -0.1) is 0 Å². The summed E-state index contributed by atoms with van der Waals surface area (Å²) in [7, 11) is 0. The second-order valence-electron chi connectivity index (χ2n) is 5.97. The van der Waals surface area contributed by atoms with Crippen LogP contribution >= 0.6 is 0 Å². The Morgan fingerprint density at radius 2 is 2.22 bits per heavy atom. The quantitative estimate of drug-likeness (QED) is 0.416. The molecule has 0 atom stereocenters. The number of hydrogen-bond donors (Lipinski definition) is 5. The maximum atomic E-state index is 12.6. The van der Waals surface area contributed by atoms with Crippen molar-refractivity contribution in [3.63, 3.8) is 0 Å². The SMILES string of the molecule is N=Cn1c(=N)cnc2[nH]cc(C(=O)NC3CCC(CN)CC3)c21. The van der Waals surface area contributed by atoms with Crippen molar-refractivity contribution in [2.45, 2.75) is 31.7 Å². The summed E-state index contributed by atoms with van der Waals surface area (Å²) in [5.41, 5.74) is 7.11. The molecular formula is C15H21N7O. The molecule has 0 radical (unpaired) electrons. The molecule has 0 bridgehead atoms. The third-order valence-corrected chi connectivity index (χ3v) is 4.54. The number of nitrogens with one attached hydrogen (secondary N) is 4. The van der Waals surface area contributed by atoms with Gasteiger partial charge in [0.15, 0.2) is 5.65 Å². The van der Waals surface area contributed by atoms with E-state index in [1.54, 1.807) is 6.20 Å². The Kier molecular flexibility index (Phi) is 4.24. The molecule has 0 aliphatic heterocycles. The monoisotopic (exact) mass is 315 g/mol. The fourth-order valence-corrected chi connectivity index (χ4v) is 3.17. The van der Waals surface area contributed by atoms with Crippen LogP contribution in [-0.2, 0) is 0 Å². The van der Waals surface area contributed by atoms with Crippen LogP contribution in [0.1, 0.15) is 36.0 Å². The summed E-state index contributed by atoms with van der Waals surface area (Å²) in [4.78, 5) is 19.6. The molecule has 8 nitrogen and oxygen atoms in total. The Hall–Kier alpha value is -2.48. The van der Waals surface area contributed by atoms with Gasteiger partial charge in [0.25, 0.3) is 5.91 Å². The minimum Gasteiger partial charge on any atom is -0.349 e. The van der Waals surface area contributed by atoms with Gasteiger partial charge in [-0.05, 0) is 38.1 Å². The predicted molar refractivity (Wildman–Crippen MR) is 86.4 cm³/mol. The van der Waals surface area contributed by atoms with Crippen molar-refractivity contribution in [2.75, 3.05) is 6.54 Å². The number of fused-ring (bicyclic) bond motifs is 1. The number of H-pyrrole nitrogens is 1. The summed E-state index contributed by atoms with van der Waals surface area (Å²) >= 11 is 0. The maximum Gasteiger partial charge on any atom is 0.255 e. The van der Waals surface area contributed by atoms with Crippen molar-refractivity contribution in [3.05, 3.63) is 23.4 Å². The molecule has 3 rings (SSSR count). The van der Waals surface area contributed by atoms with Crippen molar-refractivity contribution in [1.82, 2.24) is 19.9 Å². The van der Waals surface area contributed by atoms with Gasteiger partial charge in [0.2, 0.25) is 0 Å². The van der Waals surface area contributed by atoms with Gasteiger partial charge in [-0.3, -0.25) is 20.2 Å². The molecule has 0 unspecified atom stereocenters. The minimum atomic E-state index is -0.199. The molecular weight excluding hydrogens is 294 g/mol. The minimum absolute atomic E-state index is 0.0598. The lowest BCUT2D eigenvalue weighted by Gasteiger charge is -2.28. The van der Waals surface area contributed by atoms with Gasteiger partial charge in [0.1, 0.15) is 11.0 Å². The molecule has 2 aromatic heterocycles. The third-order valence-electron chi connectivity index (χ3n) is 4.54. The Balaban J connectivity index is 1.83. The molecule has 23 heavy (non-hydrogen) atoms. The second-order valence-corrected chi connectivity index (χ2v) is 5.97. The average molecular weight is 315 g/mol. The molecule has 1 aliphatic rings. The second kappa shape index (κ2) is 6.33.